The topological polar surface area (TPSA) is 129 Å². The van der Waals surface area contributed by atoms with Crippen molar-refractivity contribution < 1.29 is 67.6 Å². The molecule has 2 aromatic carbocycles. The molecule has 2 rings (SSSR count). The van der Waals surface area contributed by atoms with Crippen LogP contribution in [0, 0.1) is 0 Å². The molecule has 250 valence electrons. The van der Waals surface area contributed by atoms with Gasteiger partial charge in [0, 0.05) is 18.7 Å². The van der Waals surface area contributed by atoms with Gasteiger partial charge in [-0.15, -0.1) is 0 Å². The molecule has 0 unspecified atom stereocenters. The molecule has 0 bridgehead atoms. The summed E-state index contributed by atoms with van der Waals surface area (Å²) in [5.41, 5.74) is 0.127. The van der Waals surface area contributed by atoms with Crippen LogP contribution in [-0.2, 0) is 9.84 Å². The number of sulfone groups is 1. The predicted molar refractivity (Wildman–Crippen MR) is 176 cm³/mol. The molecule has 0 aliphatic rings. The minimum absolute atomic E-state index is 0. The van der Waals surface area contributed by atoms with E-state index in [1.165, 1.54) is 114 Å². The molecule has 0 saturated heterocycles. The zero-order valence-electron chi connectivity index (χ0n) is 27.9. The first-order valence-corrected chi connectivity index (χ1v) is 18.3. The Balaban J connectivity index is 0.00000968. The molecule has 0 fully saturated rings. The van der Waals surface area contributed by atoms with Crippen molar-refractivity contribution in [2.45, 2.75) is 121 Å². The Morgan fingerprint density at radius 3 is 1.38 bits per heavy atom. The van der Waals surface area contributed by atoms with Crippen LogP contribution in [0.15, 0.2) is 47.4 Å². The van der Waals surface area contributed by atoms with Gasteiger partial charge >= 0.3 is 35.5 Å². The summed E-state index contributed by atoms with van der Waals surface area (Å²) in [6, 6.07) is 11.0. The van der Waals surface area contributed by atoms with Crippen LogP contribution < -0.4 is 43.8 Å². The van der Waals surface area contributed by atoms with E-state index in [-0.39, 0.29) is 45.5 Å². The first-order valence-electron chi connectivity index (χ1n) is 16.4. The Morgan fingerprint density at radius 2 is 0.978 bits per heavy atom. The molecular weight excluding hydrogens is 603 g/mol. The zero-order valence-corrected chi connectivity index (χ0v) is 30.8. The number of aromatic carboxylic acids is 1. The molecule has 0 atom stereocenters. The Hall–Kier alpha value is -1.78. The fourth-order valence-electron chi connectivity index (χ4n) is 4.92. The number of benzene rings is 2. The second-order valence-electron chi connectivity index (χ2n) is 11.4. The van der Waals surface area contributed by atoms with E-state index in [0.717, 1.165) is 19.1 Å². The number of carboxylic acid groups (broad SMARTS) is 1. The summed E-state index contributed by atoms with van der Waals surface area (Å²) < 4.78 is 40.4. The summed E-state index contributed by atoms with van der Waals surface area (Å²) in [7, 11) is -3.24. The largest absolute Gasteiger partial charge is 1.00 e. The molecular formula is C35H55NaO8S. The molecule has 0 aromatic heterocycles. The van der Waals surface area contributed by atoms with Gasteiger partial charge < -0.3 is 24.8 Å². The molecule has 10 heteroatoms. The van der Waals surface area contributed by atoms with Crippen molar-refractivity contribution >= 4 is 15.8 Å². The second kappa shape index (κ2) is 26.3. The molecule has 0 aliphatic carbocycles. The van der Waals surface area contributed by atoms with Crippen molar-refractivity contribution in [1.82, 2.24) is 0 Å². The quantitative estimate of drug-likeness (QED) is 0.0948. The van der Waals surface area contributed by atoms with Gasteiger partial charge in [-0.05, 0) is 42.8 Å². The molecule has 0 radical (unpaired) electrons. The van der Waals surface area contributed by atoms with Crippen LogP contribution in [-0.4, -0.2) is 51.0 Å². The Labute approximate surface area is 294 Å². The molecule has 8 nitrogen and oxygen atoms in total. The SMILES string of the molecule is CCCCCCCCCCCCCCCCCCOc1cc(OCCCOc2ccc(S(C)(=O)=O)cc2)cc(C(=O)O)c1.[Na+].[OH-]. The van der Waals surface area contributed by atoms with Gasteiger partial charge in [0.05, 0.1) is 30.3 Å². The molecule has 0 amide bonds. The first kappa shape index (κ1) is 43.2. The fraction of sp³-hybridized carbons (Fsp3) is 0.629. The van der Waals surface area contributed by atoms with Gasteiger partial charge in [0.15, 0.2) is 9.84 Å². The molecule has 0 saturated carbocycles. The van der Waals surface area contributed by atoms with E-state index in [2.05, 4.69) is 6.92 Å². The number of carbonyl (C=O) groups is 1. The normalized spacial score (nSPS) is 10.9. The fourth-order valence-corrected chi connectivity index (χ4v) is 5.55. The van der Waals surface area contributed by atoms with Crippen molar-refractivity contribution in [3.05, 3.63) is 48.0 Å². The van der Waals surface area contributed by atoms with Gasteiger partial charge in [0.25, 0.3) is 0 Å². The van der Waals surface area contributed by atoms with Crippen molar-refractivity contribution in [2.75, 3.05) is 26.1 Å². The molecule has 45 heavy (non-hydrogen) atoms. The van der Waals surface area contributed by atoms with Crippen LogP contribution in [0.1, 0.15) is 126 Å². The molecule has 0 aliphatic heterocycles. The standard InChI is InChI=1S/C35H54O7S.Na.H2O/c1-3-4-5-6-7-8-9-10-11-12-13-14-15-16-17-18-24-41-32-27-30(35(36)37)28-33(29-32)42-26-19-25-40-31-20-22-34(23-21-31)43(2,38)39;;/h20-23,27-29H,3-19,24-26H2,1-2H3,(H,36,37);;1H2/q;+1;/p-1. The second-order valence-corrected chi connectivity index (χ2v) is 13.5. The zero-order chi connectivity index (χ0) is 31.2. The van der Waals surface area contributed by atoms with Crippen molar-refractivity contribution in [3.8, 4) is 17.2 Å². The third kappa shape index (κ3) is 20.9. The van der Waals surface area contributed by atoms with Crippen LogP contribution in [0.2, 0.25) is 0 Å². The van der Waals surface area contributed by atoms with Gasteiger partial charge in [-0.2, -0.15) is 0 Å². The smallest absolute Gasteiger partial charge is 0.870 e. The van der Waals surface area contributed by atoms with Crippen molar-refractivity contribution in [1.29, 1.82) is 0 Å². The van der Waals surface area contributed by atoms with Gasteiger partial charge in [-0.25, -0.2) is 13.2 Å². The molecule has 0 spiro atoms. The van der Waals surface area contributed by atoms with Crippen molar-refractivity contribution in [3.63, 3.8) is 0 Å². The van der Waals surface area contributed by atoms with E-state index in [9.17, 15) is 18.3 Å². The van der Waals surface area contributed by atoms with Gasteiger partial charge in [-0.3, -0.25) is 0 Å². The molecule has 2 N–H and O–H groups in total. The summed E-state index contributed by atoms with van der Waals surface area (Å²) in [5, 5.41) is 9.49. The molecule has 2 aromatic rings. The summed E-state index contributed by atoms with van der Waals surface area (Å²) in [5.74, 6) is 0.487. The summed E-state index contributed by atoms with van der Waals surface area (Å²) in [6.45, 7) is 3.53. The van der Waals surface area contributed by atoms with E-state index in [4.69, 9.17) is 14.2 Å². The predicted octanol–water partition coefficient (Wildman–Crippen LogP) is 6.10. The third-order valence-electron chi connectivity index (χ3n) is 7.47. The first-order chi connectivity index (χ1) is 20.8. The van der Waals surface area contributed by atoms with Crippen LogP contribution in [0.25, 0.3) is 0 Å². The summed E-state index contributed by atoms with van der Waals surface area (Å²) in [4.78, 5) is 11.8. The average molecular weight is 659 g/mol. The van der Waals surface area contributed by atoms with Gasteiger partial charge in [0.2, 0.25) is 0 Å². The Bertz CT molecular complexity index is 1140. The van der Waals surface area contributed by atoms with Crippen LogP contribution in [0.4, 0.5) is 0 Å². The van der Waals surface area contributed by atoms with Gasteiger partial charge in [0.1, 0.15) is 17.2 Å². The number of rotatable bonds is 26. The van der Waals surface area contributed by atoms with Gasteiger partial charge in [-0.1, -0.05) is 103 Å². The summed E-state index contributed by atoms with van der Waals surface area (Å²) in [6.07, 6.45) is 22.8. The monoisotopic (exact) mass is 658 g/mol. The summed E-state index contributed by atoms with van der Waals surface area (Å²) >= 11 is 0. The Kier molecular flexibility index (Phi) is 25.3. The van der Waals surface area contributed by atoms with E-state index in [0.29, 0.717) is 43.5 Å². The van der Waals surface area contributed by atoms with Crippen LogP contribution in [0.3, 0.4) is 0 Å². The number of hydrogen-bond acceptors (Lipinski definition) is 7. The van der Waals surface area contributed by atoms with Crippen LogP contribution in [0.5, 0.6) is 17.2 Å². The average Bonchev–Trinajstić information content (AvgIpc) is 2.98. The maximum atomic E-state index is 11.6. The van der Waals surface area contributed by atoms with E-state index in [1.807, 2.05) is 0 Å². The maximum Gasteiger partial charge on any atom is 1.00 e. The number of ether oxygens (including phenoxy) is 3. The minimum atomic E-state index is -3.24. The van der Waals surface area contributed by atoms with E-state index < -0.39 is 15.8 Å². The molecule has 0 heterocycles. The van der Waals surface area contributed by atoms with Crippen molar-refractivity contribution in [2.24, 2.45) is 0 Å². The maximum absolute atomic E-state index is 11.6. The number of hydrogen-bond donors (Lipinski definition) is 1. The number of carboxylic acids is 1. The third-order valence-corrected chi connectivity index (χ3v) is 8.60. The Morgan fingerprint density at radius 1 is 0.600 bits per heavy atom. The van der Waals surface area contributed by atoms with Crippen LogP contribution >= 0.6 is 0 Å². The van der Waals surface area contributed by atoms with E-state index in [1.54, 1.807) is 18.2 Å². The minimum Gasteiger partial charge on any atom is -0.870 e. The van der Waals surface area contributed by atoms with E-state index >= 15 is 0 Å². The number of unbranched alkanes of at least 4 members (excludes halogenated alkanes) is 15.